The van der Waals surface area contributed by atoms with Crippen molar-refractivity contribution in [2.24, 2.45) is 5.73 Å². The van der Waals surface area contributed by atoms with E-state index in [9.17, 15) is 22.8 Å². The van der Waals surface area contributed by atoms with Gasteiger partial charge in [-0.15, -0.1) is 11.3 Å². The minimum atomic E-state index is -5.08. The number of aromatic nitrogens is 2. The number of aliphatic carboxylic acids is 1. The van der Waals surface area contributed by atoms with Gasteiger partial charge in [0.05, 0.1) is 4.88 Å². The van der Waals surface area contributed by atoms with Gasteiger partial charge in [-0.1, -0.05) is 12.1 Å². The van der Waals surface area contributed by atoms with Gasteiger partial charge < -0.3 is 26.8 Å². The van der Waals surface area contributed by atoms with E-state index in [0.29, 0.717) is 36.2 Å². The maximum atomic E-state index is 12.0. The summed E-state index contributed by atoms with van der Waals surface area (Å²) in [6.07, 6.45) is -0.175. The first-order chi connectivity index (χ1) is 18.0. The summed E-state index contributed by atoms with van der Waals surface area (Å²) in [7, 11) is 0. The molecule has 0 aliphatic heterocycles. The van der Waals surface area contributed by atoms with Gasteiger partial charge in [0.1, 0.15) is 5.82 Å². The van der Waals surface area contributed by atoms with Gasteiger partial charge in [0.25, 0.3) is 5.91 Å². The smallest absolute Gasteiger partial charge is 0.475 e. The van der Waals surface area contributed by atoms with Gasteiger partial charge in [-0.2, -0.15) is 18.2 Å². The Kier molecular flexibility index (Phi) is 9.60. The minimum Gasteiger partial charge on any atom is -0.475 e. The van der Waals surface area contributed by atoms with Crippen molar-refractivity contribution in [3.05, 3.63) is 64.0 Å². The normalized spacial score (nSPS) is 12.6. The van der Waals surface area contributed by atoms with Crippen molar-refractivity contribution < 1.29 is 32.7 Å². The van der Waals surface area contributed by atoms with Crippen LogP contribution in [0.25, 0.3) is 0 Å². The number of carbonyl (C=O) groups is 3. The van der Waals surface area contributed by atoms with Gasteiger partial charge in [-0.3, -0.25) is 9.59 Å². The zero-order chi connectivity index (χ0) is 27.7. The minimum absolute atomic E-state index is 0.0413. The molecule has 1 aliphatic carbocycles. The molecule has 14 heteroatoms. The lowest BCUT2D eigenvalue weighted by molar-refractivity contribution is -0.192. The molecule has 3 aromatic rings. The van der Waals surface area contributed by atoms with Crippen molar-refractivity contribution in [3.8, 4) is 0 Å². The molecule has 0 radical (unpaired) electrons. The molecule has 0 unspecified atom stereocenters. The highest BCUT2D eigenvalue weighted by molar-refractivity contribution is 7.12. The summed E-state index contributed by atoms with van der Waals surface area (Å²) >= 11 is 1.43. The number of nitrogens with one attached hydrogen (secondary N) is 3. The molecule has 1 aromatic carbocycles. The number of halogens is 3. The number of alkyl halides is 3. The number of hydrogen-bond donors (Lipinski definition) is 5. The van der Waals surface area contributed by atoms with E-state index in [-0.39, 0.29) is 5.91 Å². The first kappa shape index (κ1) is 28.4. The number of hydrogen-bond acceptors (Lipinski definition) is 8. The fourth-order valence-electron chi connectivity index (χ4n) is 3.16. The van der Waals surface area contributed by atoms with E-state index < -0.39 is 18.1 Å². The number of anilines is 3. The number of thiophene rings is 1. The summed E-state index contributed by atoms with van der Waals surface area (Å²) in [6, 6.07) is 10.6. The van der Waals surface area contributed by atoms with E-state index in [1.807, 2.05) is 29.8 Å². The fraction of sp³-hybridized carbons (Fsp3) is 0.292. The summed E-state index contributed by atoms with van der Waals surface area (Å²) in [4.78, 5) is 42.1. The highest BCUT2D eigenvalue weighted by Crippen LogP contribution is 2.42. The molecule has 1 fully saturated rings. The standard InChI is InChI=1S/C22H24N6O2S.C2HF3O2/c23-19(29)15-4-1-5-16(12-15)27-22-26-13-17(14-7-8-14)20(28-22)24-9-3-10-25-21(30)18-6-2-11-31-18;3-2(4,5)1(6)7/h1-2,4-6,11-14H,3,7-10H2,(H2,23,29)(H,25,30)(H2,24,26,27,28);(H,6,7). The highest BCUT2D eigenvalue weighted by Gasteiger charge is 2.38. The van der Waals surface area contributed by atoms with Crippen molar-refractivity contribution in [1.29, 1.82) is 0 Å². The number of nitrogens with zero attached hydrogens (tertiary/aromatic N) is 2. The molecule has 1 aliphatic rings. The average molecular weight is 551 g/mol. The third-order valence-electron chi connectivity index (χ3n) is 5.16. The van der Waals surface area contributed by atoms with E-state index >= 15 is 0 Å². The number of carboxylic acids is 1. The molecule has 2 aromatic heterocycles. The van der Waals surface area contributed by atoms with Gasteiger partial charge in [0.2, 0.25) is 11.9 Å². The molecule has 10 nitrogen and oxygen atoms in total. The van der Waals surface area contributed by atoms with Crippen LogP contribution in [0.15, 0.2) is 48.0 Å². The highest BCUT2D eigenvalue weighted by atomic mass is 32.1. The number of carbonyl (C=O) groups excluding carboxylic acids is 2. The van der Waals surface area contributed by atoms with E-state index in [1.54, 1.807) is 18.2 Å². The van der Waals surface area contributed by atoms with Crippen LogP contribution in [0, 0.1) is 0 Å². The van der Waals surface area contributed by atoms with Crippen LogP contribution >= 0.6 is 11.3 Å². The topological polar surface area (TPSA) is 159 Å². The molecule has 0 spiro atoms. The molecule has 2 heterocycles. The van der Waals surface area contributed by atoms with Gasteiger partial charge in [-0.05, 0) is 54.8 Å². The van der Waals surface area contributed by atoms with Crippen molar-refractivity contribution in [3.63, 3.8) is 0 Å². The molecule has 2 amide bonds. The summed E-state index contributed by atoms with van der Waals surface area (Å²) in [6.45, 7) is 1.26. The molecule has 38 heavy (non-hydrogen) atoms. The molecule has 4 rings (SSSR count). The third-order valence-corrected chi connectivity index (χ3v) is 6.03. The Balaban J connectivity index is 0.000000505. The van der Waals surface area contributed by atoms with E-state index in [0.717, 1.165) is 35.5 Å². The second-order valence-corrected chi connectivity index (χ2v) is 9.11. The number of amides is 2. The van der Waals surface area contributed by atoms with Crippen molar-refractivity contribution in [2.75, 3.05) is 23.7 Å². The summed E-state index contributed by atoms with van der Waals surface area (Å²) in [5.41, 5.74) is 7.57. The van der Waals surface area contributed by atoms with Crippen molar-refractivity contribution >= 4 is 46.6 Å². The van der Waals surface area contributed by atoms with Gasteiger partial charge in [-0.25, -0.2) is 9.78 Å². The second-order valence-electron chi connectivity index (χ2n) is 8.16. The number of nitrogens with two attached hydrogens (primary N) is 1. The molecular formula is C24H25F3N6O4S. The number of benzene rings is 1. The Hall–Kier alpha value is -4.20. The summed E-state index contributed by atoms with van der Waals surface area (Å²) in [5.74, 6) is -1.54. The Labute approximate surface area is 219 Å². The van der Waals surface area contributed by atoms with Gasteiger partial charge >= 0.3 is 12.1 Å². The zero-order valence-electron chi connectivity index (χ0n) is 19.9. The zero-order valence-corrected chi connectivity index (χ0v) is 20.7. The number of rotatable bonds is 10. The molecule has 0 atom stereocenters. The monoisotopic (exact) mass is 550 g/mol. The lowest BCUT2D eigenvalue weighted by Crippen LogP contribution is -2.25. The van der Waals surface area contributed by atoms with Crippen LogP contribution in [0.5, 0.6) is 0 Å². The predicted octanol–water partition coefficient (Wildman–Crippen LogP) is 4.12. The Morgan fingerprint density at radius 2 is 1.87 bits per heavy atom. The van der Waals surface area contributed by atoms with Crippen LogP contribution in [0.2, 0.25) is 0 Å². The SMILES string of the molecule is NC(=O)c1cccc(Nc2ncc(C3CC3)c(NCCCNC(=O)c3cccs3)n2)c1.O=C(O)C(F)(F)F. The first-order valence-corrected chi connectivity index (χ1v) is 12.3. The molecule has 202 valence electrons. The predicted molar refractivity (Wildman–Crippen MR) is 136 cm³/mol. The average Bonchev–Trinajstić information content (AvgIpc) is 3.56. The largest absolute Gasteiger partial charge is 0.490 e. The number of primary amides is 1. The lowest BCUT2D eigenvalue weighted by atomic mass is 10.2. The Morgan fingerprint density at radius 3 is 2.47 bits per heavy atom. The Morgan fingerprint density at radius 1 is 1.13 bits per heavy atom. The van der Waals surface area contributed by atoms with Crippen LogP contribution in [0.4, 0.5) is 30.6 Å². The van der Waals surface area contributed by atoms with Crippen LogP contribution in [0.1, 0.15) is 50.8 Å². The van der Waals surface area contributed by atoms with E-state index in [1.165, 1.54) is 11.3 Å². The third kappa shape index (κ3) is 8.73. The van der Waals surface area contributed by atoms with Gasteiger partial charge in [0.15, 0.2) is 0 Å². The van der Waals surface area contributed by atoms with E-state index in [2.05, 4.69) is 25.9 Å². The van der Waals surface area contributed by atoms with Crippen LogP contribution in [-0.4, -0.2) is 52.1 Å². The summed E-state index contributed by atoms with van der Waals surface area (Å²) < 4.78 is 31.7. The fourth-order valence-corrected chi connectivity index (χ4v) is 3.80. The molecular weight excluding hydrogens is 525 g/mol. The molecule has 0 saturated heterocycles. The van der Waals surface area contributed by atoms with Crippen LogP contribution in [-0.2, 0) is 4.79 Å². The Bertz CT molecular complexity index is 1270. The van der Waals surface area contributed by atoms with Crippen molar-refractivity contribution in [1.82, 2.24) is 15.3 Å². The molecule has 0 bridgehead atoms. The van der Waals surface area contributed by atoms with Gasteiger partial charge in [0, 0.05) is 36.1 Å². The molecule has 1 saturated carbocycles. The summed E-state index contributed by atoms with van der Waals surface area (Å²) in [5, 5.41) is 18.5. The first-order valence-electron chi connectivity index (χ1n) is 11.4. The molecule has 6 N–H and O–H groups in total. The van der Waals surface area contributed by atoms with Crippen LogP contribution < -0.4 is 21.7 Å². The second kappa shape index (κ2) is 12.9. The van der Waals surface area contributed by atoms with Crippen LogP contribution in [0.3, 0.4) is 0 Å². The number of carboxylic acid groups (broad SMARTS) is 1. The van der Waals surface area contributed by atoms with Crippen molar-refractivity contribution in [2.45, 2.75) is 31.4 Å². The van der Waals surface area contributed by atoms with E-state index in [4.69, 9.17) is 15.6 Å². The maximum absolute atomic E-state index is 12.0. The lowest BCUT2D eigenvalue weighted by Gasteiger charge is -2.13. The maximum Gasteiger partial charge on any atom is 0.490 e. The quantitative estimate of drug-likeness (QED) is 0.236.